The van der Waals surface area contributed by atoms with Crippen molar-refractivity contribution < 1.29 is 4.74 Å². The van der Waals surface area contributed by atoms with Crippen LogP contribution in [-0.4, -0.2) is 6.61 Å². The second-order valence-corrected chi connectivity index (χ2v) is 2.99. The van der Waals surface area contributed by atoms with E-state index in [1.54, 1.807) is 0 Å². The van der Waals surface area contributed by atoms with Gasteiger partial charge in [-0.05, 0) is 24.6 Å². The van der Waals surface area contributed by atoms with Gasteiger partial charge in [0.15, 0.2) is 0 Å². The summed E-state index contributed by atoms with van der Waals surface area (Å²) in [5.41, 5.74) is 6.33. The van der Waals surface area contributed by atoms with Crippen molar-refractivity contribution in [3.05, 3.63) is 36.0 Å². The monoisotopic (exact) mass is 195 g/mol. The third-order valence-electron chi connectivity index (χ3n) is 1.62. The molecule has 0 amide bonds. The van der Waals surface area contributed by atoms with Crippen LogP contribution in [0.2, 0.25) is 0 Å². The number of thiol groups is 1. The molecule has 0 saturated carbocycles. The Balaban J connectivity index is 2.81. The summed E-state index contributed by atoms with van der Waals surface area (Å²) in [6.07, 6.45) is 1.47. The molecule has 0 atom stereocenters. The molecule has 0 fully saturated rings. The highest BCUT2D eigenvalue weighted by molar-refractivity contribution is 7.90. The lowest BCUT2D eigenvalue weighted by atomic mass is 10.2. The van der Waals surface area contributed by atoms with Gasteiger partial charge in [-0.15, -0.1) is 12.6 Å². The van der Waals surface area contributed by atoms with Gasteiger partial charge in [0, 0.05) is 11.1 Å². The van der Waals surface area contributed by atoms with Crippen LogP contribution in [0.1, 0.15) is 12.5 Å². The van der Waals surface area contributed by atoms with Crippen LogP contribution in [0, 0.1) is 0 Å². The summed E-state index contributed by atoms with van der Waals surface area (Å²) in [6.45, 7) is 2.64. The molecule has 0 spiro atoms. The molecule has 0 radical (unpaired) electrons. The highest BCUT2D eigenvalue weighted by Crippen LogP contribution is 2.20. The lowest BCUT2D eigenvalue weighted by Gasteiger charge is -2.03. The predicted molar refractivity (Wildman–Crippen MR) is 58.8 cm³/mol. The van der Waals surface area contributed by atoms with Crippen LogP contribution in [0.5, 0.6) is 5.75 Å². The van der Waals surface area contributed by atoms with Crippen molar-refractivity contribution in [1.82, 2.24) is 0 Å². The second kappa shape index (κ2) is 4.82. The maximum absolute atomic E-state index is 5.33. The number of rotatable bonds is 3. The molecule has 0 saturated heterocycles. The van der Waals surface area contributed by atoms with Crippen LogP contribution in [0.25, 0.3) is 4.91 Å². The molecular formula is C10H13NOS. The molecule has 1 aromatic carbocycles. The summed E-state index contributed by atoms with van der Waals surface area (Å²) in [5, 5.41) is 0. The van der Waals surface area contributed by atoms with Crippen LogP contribution in [0.15, 0.2) is 30.5 Å². The number of nitrogens with two attached hydrogens (primary N) is 1. The van der Waals surface area contributed by atoms with Gasteiger partial charge in [-0.1, -0.05) is 12.1 Å². The largest absolute Gasteiger partial charge is 0.494 e. The fourth-order valence-electron chi connectivity index (χ4n) is 0.985. The van der Waals surface area contributed by atoms with Gasteiger partial charge in [-0.2, -0.15) is 0 Å². The zero-order chi connectivity index (χ0) is 9.68. The normalized spacial score (nSPS) is 11.4. The van der Waals surface area contributed by atoms with E-state index in [-0.39, 0.29) is 0 Å². The zero-order valence-electron chi connectivity index (χ0n) is 7.53. The molecule has 0 heterocycles. The molecule has 0 aromatic heterocycles. The lowest BCUT2D eigenvalue weighted by Crippen LogP contribution is -1.91. The van der Waals surface area contributed by atoms with Crippen LogP contribution in [-0.2, 0) is 0 Å². The number of ether oxygens (including phenoxy) is 1. The molecule has 2 nitrogen and oxygen atoms in total. The topological polar surface area (TPSA) is 35.2 Å². The maximum Gasteiger partial charge on any atom is 0.119 e. The van der Waals surface area contributed by atoms with Crippen molar-refractivity contribution in [2.45, 2.75) is 6.92 Å². The Bertz CT molecular complexity index is 292. The van der Waals surface area contributed by atoms with E-state index in [0.717, 1.165) is 16.2 Å². The maximum atomic E-state index is 5.33. The van der Waals surface area contributed by atoms with Gasteiger partial charge in [0.05, 0.1) is 6.61 Å². The minimum absolute atomic E-state index is 0.680. The van der Waals surface area contributed by atoms with Gasteiger partial charge in [0.25, 0.3) is 0 Å². The van der Waals surface area contributed by atoms with Gasteiger partial charge < -0.3 is 10.5 Å². The van der Waals surface area contributed by atoms with E-state index < -0.39 is 0 Å². The van der Waals surface area contributed by atoms with Crippen molar-refractivity contribution in [3.63, 3.8) is 0 Å². The first kappa shape index (κ1) is 9.99. The average molecular weight is 195 g/mol. The molecule has 0 aliphatic heterocycles. The number of benzene rings is 1. The van der Waals surface area contributed by atoms with E-state index in [4.69, 9.17) is 10.5 Å². The lowest BCUT2D eigenvalue weighted by molar-refractivity contribution is 0.340. The Morgan fingerprint density at radius 2 is 2.08 bits per heavy atom. The summed E-state index contributed by atoms with van der Waals surface area (Å²) in [5.74, 6) is 0.865. The molecule has 0 unspecified atom stereocenters. The van der Waals surface area contributed by atoms with Crippen molar-refractivity contribution >= 4 is 17.5 Å². The quantitative estimate of drug-likeness (QED) is 0.726. The highest BCUT2D eigenvalue weighted by atomic mass is 32.1. The summed E-state index contributed by atoms with van der Waals surface area (Å²) < 4.78 is 5.30. The molecule has 3 heteroatoms. The summed E-state index contributed by atoms with van der Waals surface area (Å²) in [6, 6.07) is 7.66. The van der Waals surface area contributed by atoms with Crippen LogP contribution in [0.3, 0.4) is 0 Å². The summed E-state index contributed by atoms with van der Waals surface area (Å²) >= 11 is 4.20. The molecule has 0 bridgehead atoms. The van der Waals surface area contributed by atoms with E-state index in [9.17, 15) is 0 Å². The van der Waals surface area contributed by atoms with Gasteiger partial charge in [-0.3, -0.25) is 0 Å². The van der Waals surface area contributed by atoms with Crippen molar-refractivity contribution in [3.8, 4) is 5.75 Å². The van der Waals surface area contributed by atoms with Crippen molar-refractivity contribution in [1.29, 1.82) is 0 Å². The molecule has 0 aliphatic rings. The van der Waals surface area contributed by atoms with Crippen molar-refractivity contribution in [2.75, 3.05) is 6.61 Å². The Labute approximate surface area is 83.8 Å². The first-order valence-electron chi connectivity index (χ1n) is 4.12. The van der Waals surface area contributed by atoms with Crippen molar-refractivity contribution in [2.24, 2.45) is 5.73 Å². The molecule has 1 aromatic rings. The zero-order valence-corrected chi connectivity index (χ0v) is 8.42. The molecule has 13 heavy (non-hydrogen) atoms. The van der Waals surface area contributed by atoms with Crippen LogP contribution < -0.4 is 10.5 Å². The van der Waals surface area contributed by atoms with Gasteiger partial charge in [0.1, 0.15) is 5.75 Å². The molecule has 70 valence electrons. The van der Waals surface area contributed by atoms with E-state index in [1.807, 2.05) is 31.2 Å². The Morgan fingerprint density at radius 1 is 1.46 bits per heavy atom. The molecule has 2 N–H and O–H groups in total. The number of hydrogen-bond donors (Lipinski definition) is 2. The fraction of sp³-hybridized carbons (Fsp3) is 0.200. The minimum Gasteiger partial charge on any atom is -0.494 e. The third-order valence-corrected chi connectivity index (χ3v) is 2.03. The van der Waals surface area contributed by atoms with E-state index >= 15 is 0 Å². The number of hydrogen-bond acceptors (Lipinski definition) is 3. The second-order valence-electron chi connectivity index (χ2n) is 2.51. The Morgan fingerprint density at radius 3 is 2.54 bits per heavy atom. The average Bonchev–Trinajstić information content (AvgIpc) is 2.18. The molecular weight excluding hydrogens is 182 g/mol. The van der Waals surface area contributed by atoms with E-state index in [0.29, 0.717) is 6.61 Å². The van der Waals surface area contributed by atoms with Crippen LogP contribution >= 0.6 is 12.6 Å². The smallest absolute Gasteiger partial charge is 0.119 e. The first-order valence-corrected chi connectivity index (χ1v) is 4.56. The SMILES string of the molecule is CCOc1ccc(/C(S)=C/N)cc1. The minimum atomic E-state index is 0.680. The first-order chi connectivity index (χ1) is 6.27. The molecule has 0 aliphatic carbocycles. The fourth-order valence-corrected chi connectivity index (χ4v) is 1.13. The van der Waals surface area contributed by atoms with Gasteiger partial charge >= 0.3 is 0 Å². The molecule has 1 rings (SSSR count). The predicted octanol–water partition coefficient (Wildman–Crippen LogP) is 2.27. The Kier molecular flexibility index (Phi) is 3.71. The van der Waals surface area contributed by atoms with Crippen LogP contribution in [0.4, 0.5) is 0 Å². The summed E-state index contributed by atoms with van der Waals surface area (Å²) in [4.78, 5) is 0.767. The third kappa shape index (κ3) is 2.70. The standard InChI is InChI=1S/C10H13NOS/c1-2-12-9-5-3-8(4-6-9)10(13)7-11/h3-7,13H,2,11H2,1H3/b10-7-. The summed E-state index contributed by atoms with van der Waals surface area (Å²) in [7, 11) is 0. The van der Waals surface area contributed by atoms with E-state index in [1.165, 1.54) is 6.20 Å². The van der Waals surface area contributed by atoms with Gasteiger partial charge in [-0.25, -0.2) is 0 Å². The Hall–Kier alpha value is -1.09. The van der Waals surface area contributed by atoms with E-state index in [2.05, 4.69) is 12.6 Å². The van der Waals surface area contributed by atoms with Gasteiger partial charge in [0.2, 0.25) is 0 Å². The highest BCUT2D eigenvalue weighted by Gasteiger charge is 1.96.